The molecule has 0 aliphatic heterocycles. The Balaban J connectivity index is 2.40. The van der Waals surface area contributed by atoms with Crippen molar-refractivity contribution in [2.24, 2.45) is 0 Å². The zero-order chi connectivity index (χ0) is 15.1. The summed E-state index contributed by atoms with van der Waals surface area (Å²) >= 11 is 21.5. The number of hydrogen-bond donors (Lipinski definition) is 0. The summed E-state index contributed by atoms with van der Waals surface area (Å²) in [4.78, 5) is 4.34. The first-order valence-electron chi connectivity index (χ1n) is 5.89. The lowest BCUT2D eigenvalue weighted by Gasteiger charge is -2.10. The third-order valence-corrected chi connectivity index (χ3v) is 4.38. The number of imidazole rings is 1. The molecule has 7 heteroatoms. The number of hydrogen-bond acceptors (Lipinski definition) is 1. The number of benzene rings is 2. The van der Waals surface area contributed by atoms with Crippen molar-refractivity contribution in [2.45, 2.75) is 5.88 Å². The van der Waals surface area contributed by atoms with Crippen molar-refractivity contribution >= 4 is 61.8 Å². The Labute approximate surface area is 143 Å². The lowest BCUT2D eigenvalue weighted by atomic mass is 10.2. The Kier molecular flexibility index (Phi) is 4.14. The van der Waals surface area contributed by atoms with Crippen LogP contribution >= 0.6 is 50.7 Å². The molecule has 0 unspecified atom stereocenters. The van der Waals surface area contributed by atoms with Crippen molar-refractivity contribution in [3.8, 4) is 5.69 Å². The molecule has 0 saturated heterocycles. The standard InChI is InChI=1S/C14H7BrCl3FN2/c15-7-1-2-8(17)12(3-7)21-13-4-9(18)10(19)5-11(13)20-14(21)6-16/h1-5H,6H2. The van der Waals surface area contributed by atoms with Gasteiger partial charge in [0, 0.05) is 10.5 Å². The molecule has 3 aromatic rings. The van der Waals surface area contributed by atoms with Crippen LogP contribution in [0, 0.1) is 5.82 Å². The molecule has 21 heavy (non-hydrogen) atoms. The lowest BCUT2D eigenvalue weighted by molar-refractivity contribution is 0.630. The molecule has 0 radical (unpaired) electrons. The van der Waals surface area contributed by atoms with E-state index in [4.69, 9.17) is 34.8 Å². The lowest BCUT2D eigenvalue weighted by Crippen LogP contribution is -2.00. The largest absolute Gasteiger partial charge is 0.294 e. The third-order valence-electron chi connectivity index (χ3n) is 3.03. The molecule has 3 rings (SSSR count). The summed E-state index contributed by atoms with van der Waals surface area (Å²) in [5.41, 5.74) is 1.83. The summed E-state index contributed by atoms with van der Waals surface area (Å²) in [7, 11) is 0. The van der Waals surface area contributed by atoms with Gasteiger partial charge in [-0.3, -0.25) is 4.57 Å². The Morgan fingerprint density at radius 1 is 1.14 bits per heavy atom. The summed E-state index contributed by atoms with van der Waals surface area (Å²) < 4.78 is 16.2. The van der Waals surface area contributed by atoms with E-state index in [9.17, 15) is 4.39 Å². The molecule has 1 aromatic heterocycles. The van der Waals surface area contributed by atoms with Gasteiger partial charge >= 0.3 is 0 Å². The maximum Gasteiger partial charge on any atom is 0.144 e. The van der Waals surface area contributed by atoms with E-state index in [1.807, 2.05) is 12.1 Å². The van der Waals surface area contributed by atoms with E-state index in [1.54, 1.807) is 10.6 Å². The van der Waals surface area contributed by atoms with Crippen molar-refractivity contribution in [2.75, 3.05) is 0 Å². The summed E-state index contributed by atoms with van der Waals surface area (Å²) in [6.07, 6.45) is 0. The normalized spacial score (nSPS) is 11.3. The number of aromatic nitrogens is 2. The molecule has 2 aromatic carbocycles. The van der Waals surface area contributed by atoms with Crippen LogP contribution in [0.2, 0.25) is 10.0 Å². The van der Waals surface area contributed by atoms with Crippen molar-refractivity contribution in [1.82, 2.24) is 9.55 Å². The minimum Gasteiger partial charge on any atom is -0.294 e. The number of alkyl halides is 1. The first kappa shape index (κ1) is 15.1. The topological polar surface area (TPSA) is 17.8 Å². The third kappa shape index (κ3) is 2.66. The first-order valence-corrected chi connectivity index (χ1v) is 7.97. The molecule has 1 heterocycles. The van der Waals surface area contributed by atoms with Crippen LogP contribution in [0.1, 0.15) is 5.82 Å². The maximum atomic E-state index is 13.6. The number of rotatable bonds is 2. The highest BCUT2D eigenvalue weighted by atomic mass is 79.9. The summed E-state index contributed by atoms with van der Waals surface area (Å²) in [5, 5.41) is 0.556. The van der Waals surface area contributed by atoms with Crippen molar-refractivity contribution in [3.05, 3.63) is 56.5 Å². The zero-order valence-electron chi connectivity index (χ0n) is 10.4. The Morgan fingerprint density at radius 3 is 2.62 bits per heavy atom. The highest BCUT2D eigenvalue weighted by Crippen LogP contribution is 2.32. The molecule has 0 bridgehead atoms. The monoisotopic (exact) mass is 406 g/mol. The van der Waals surface area contributed by atoms with Crippen LogP contribution < -0.4 is 0 Å². The zero-order valence-corrected chi connectivity index (χ0v) is 14.2. The van der Waals surface area contributed by atoms with Crippen LogP contribution in [0.4, 0.5) is 4.39 Å². The second kappa shape index (κ2) is 5.76. The van der Waals surface area contributed by atoms with Crippen LogP contribution in [0.5, 0.6) is 0 Å². The summed E-state index contributed by atoms with van der Waals surface area (Å²) in [6, 6.07) is 8.24. The Hall–Kier alpha value is -0.810. The second-order valence-electron chi connectivity index (χ2n) is 4.35. The highest BCUT2D eigenvalue weighted by Gasteiger charge is 2.16. The van der Waals surface area contributed by atoms with Crippen molar-refractivity contribution in [1.29, 1.82) is 0 Å². The van der Waals surface area contributed by atoms with E-state index in [-0.39, 0.29) is 10.9 Å². The van der Waals surface area contributed by atoms with Gasteiger partial charge in [0.2, 0.25) is 0 Å². The van der Waals surface area contributed by atoms with Gasteiger partial charge in [0.1, 0.15) is 11.6 Å². The quantitative estimate of drug-likeness (QED) is 0.478. The molecular weight excluding hydrogens is 401 g/mol. The summed E-state index contributed by atoms with van der Waals surface area (Å²) in [6.45, 7) is 0. The average Bonchev–Trinajstić information content (AvgIpc) is 2.79. The SMILES string of the molecule is Fc1cc2nc(CCl)n(-c3cc(Br)ccc3Cl)c2cc1Cl. The van der Waals surface area contributed by atoms with Gasteiger partial charge in [-0.1, -0.05) is 39.1 Å². The van der Waals surface area contributed by atoms with E-state index < -0.39 is 5.82 Å². The van der Waals surface area contributed by atoms with Crippen LogP contribution in [0.3, 0.4) is 0 Å². The molecule has 0 aliphatic rings. The van der Waals surface area contributed by atoms with Crippen molar-refractivity contribution in [3.63, 3.8) is 0 Å². The number of fused-ring (bicyclic) bond motifs is 1. The molecule has 0 N–H and O–H groups in total. The fourth-order valence-electron chi connectivity index (χ4n) is 2.14. The fourth-order valence-corrected chi connectivity index (χ4v) is 3.03. The van der Waals surface area contributed by atoms with Gasteiger partial charge in [0.15, 0.2) is 0 Å². The van der Waals surface area contributed by atoms with Crippen LogP contribution in [0.25, 0.3) is 16.7 Å². The van der Waals surface area contributed by atoms with Gasteiger partial charge < -0.3 is 0 Å². The first-order chi connectivity index (χ1) is 10.0. The van der Waals surface area contributed by atoms with E-state index in [0.717, 1.165) is 4.47 Å². The molecule has 0 atom stereocenters. The molecule has 0 amide bonds. The minimum atomic E-state index is -0.518. The molecule has 2 nitrogen and oxygen atoms in total. The predicted octanol–water partition coefficient (Wildman–Crippen LogP) is 5.97. The minimum absolute atomic E-state index is 0.0240. The van der Waals surface area contributed by atoms with E-state index in [1.165, 1.54) is 12.1 Å². The summed E-state index contributed by atoms with van der Waals surface area (Å²) in [5.74, 6) is 0.208. The highest BCUT2D eigenvalue weighted by molar-refractivity contribution is 9.10. The second-order valence-corrected chi connectivity index (χ2v) is 6.35. The molecular formula is C14H7BrCl3FN2. The van der Waals surface area contributed by atoms with Gasteiger partial charge in [-0.25, -0.2) is 9.37 Å². The van der Waals surface area contributed by atoms with Crippen molar-refractivity contribution < 1.29 is 4.39 Å². The maximum absolute atomic E-state index is 13.6. The van der Waals surface area contributed by atoms with Gasteiger partial charge in [-0.2, -0.15) is 0 Å². The van der Waals surface area contributed by atoms with Gasteiger partial charge in [0.25, 0.3) is 0 Å². The van der Waals surface area contributed by atoms with E-state index >= 15 is 0 Å². The Bertz CT molecular complexity index is 848. The van der Waals surface area contributed by atoms with Crippen LogP contribution in [0.15, 0.2) is 34.8 Å². The smallest absolute Gasteiger partial charge is 0.144 e. The molecule has 108 valence electrons. The van der Waals surface area contributed by atoms with Crippen LogP contribution in [-0.2, 0) is 5.88 Å². The Morgan fingerprint density at radius 2 is 1.90 bits per heavy atom. The van der Waals surface area contributed by atoms with E-state index in [0.29, 0.717) is 27.6 Å². The number of nitrogens with zero attached hydrogens (tertiary/aromatic N) is 2. The number of halogens is 5. The molecule has 0 aliphatic carbocycles. The molecule has 0 spiro atoms. The van der Waals surface area contributed by atoms with Gasteiger partial charge in [-0.15, -0.1) is 11.6 Å². The predicted molar refractivity (Wildman–Crippen MR) is 88.3 cm³/mol. The average molecular weight is 408 g/mol. The van der Waals surface area contributed by atoms with Crippen LogP contribution in [-0.4, -0.2) is 9.55 Å². The van der Waals surface area contributed by atoms with Gasteiger partial charge in [0.05, 0.1) is 32.6 Å². The molecule has 0 fully saturated rings. The fraction of sp³-hybridized carbons (Fsp3) is 0.0714. The molecule has 0 saturated carbocycles. The van der Waals surface area contributed by atoms with Gasteiger partial charge in [-0.05, 0) is 24.3 Å². The van der Waals surface area contributed by atoms with E-state index in [2.05, 4.69) is 20.9 Å².